The van der Waals surface area contributed by atoms with Crippen molar-refractivity contribution in [1.29, 1.82) is 0 Å². The van der Waals surface area contributed by atoms with Crippen molar-refractivity contribution in [3.05, 3.63) is 12.7 Å². The average Bonchev–Trinajstić information content (AvgIpc) is 2.16. The molecule has 0 spiro atoms. The molecule has 0 aliphatic carbocycles. The molecule has 0 saturated heterocycles. The van der Waals surface area contributed by atoms with Crippen LogP contribution in [0, 0.1) is 0 Å². The number of hydrogen-bond acceptors (Lipinski definition) is 3. The monoisotopic (exact) mass is 187 g/mol. The first-order chi connectivity index (χ1) is 6.41. The highest BCUT2D eigenvalue weighted by molar-refractivity contribution is 4.69. The van der Waals surface area contributed by atoms with Crippen molar-refractivity contribution >= 4 is 0 Å². The summed E-state index contributed by atoms with van der Waals surface area (Å²) in [7, 11) is 1.68. The molecule has 0 bridgehead atoms. The lowest BCUT2D eigenvalue weighted by Gasteiger charge is -2.03. The predicted molar refractivity (Wildman–Crippen MR) is 55.0 cm³/mol. The molecule has 0 atom stereocenters. The van der Waals surface area contributed by atoms with Crippen LogP contribution in [0.5, 0.6) is 0 Å². The standard InChI is InChI=1S/C10H21NO2/c1-3-6-11-7-4-5-8-13-10-9-12-2/h3,11H,1,4-10H2,2H3. The molecule has 13 heavy (non-hydrogen) atoms. The Morgan fingerprint density at radius 1 is 1.23 bits per heavy atom. The third-order valence-electron chi connectivity index (χ3n) is 1.61. The van der Waals surface area contributed by atoms with E-state index in [-0.39, 0.29) is 0 Å². The van der Waals surface area contributed by atoms with Crippen LogP contribution in [0.2, 0.25) is 0 Å². The molecule has 1 N–H and O–H groups in total. The summed E-state index contributed by atoms with van der Waals surface area (Å²) in [6.07, 6.45) is 4.13. The highest BCUT2D eigenvalue weighted by atomic mass is 16.5. The zero-order valence-electron chi connectivity index (χ0n) is 8.55. The van der Waals surface area contributed by atoms with Gasteiger partial charge in [-0.05, 0) is 19.4 Å². The SMILES string of the molecule is C=CCNCCCCOCCOC. The van der Waals surface area contributed by atoms with E-state index in [1.807, 2.05) is 6.08 Å². The lowest BCUT2D eigenvalue weighted by Crippen LogP contribution is -2.15. The van der Waals surface area contributed by atoms with Crippen LogP contribution in [0.25, 0.3) is 0 Å². The fourth-order valence-electron chi connectivity index (χ4n) is 0.903. The van der Waals surface area contributed by atoms with Gasteiger partial charge in [-0.1, -0.05) is 6.08 Å². The second-order valence-corrected chi connectivity index (χ2v) is 2.81. The number of ether oxygens (including phenoxy) is 2. The first-order valence-electron chi connectivity index (χ1n) is 4.80. The van der Waals surface area contributed by atoms with E-state index in [1.54, 1.807) is 7.11 Å². The quantitative estimate of drug-likeness (QED) is 0.412. The molecule has 0 radical (unpaired) electrons. The molecule has 0 aliphatic rings. The van der Waals surface area contributed by atoms with Crippen LogP contribution in [0.1, 0.15) is 12.8 Å². The van der Waals surface area contributed by atoms with Gasteiger partial charge in [-0.3, -0.25) is 0 Å². The van der Waals surface area contributed by atoms with Crippen LogP contribution in [0.15, 0.2) is 12.7 Å². The molecule has 0 rings (SSSR count). The molecule has 0 aromatic rings. The van der Waals surface area contributed by atoms with Crippen molar-refractivity contribution in [2.45, 2.75) is 12.8 Å². The number of nitrogens with one attached hydrogen (secondary N) is 1. The van der Waals surface area contributed by atoms with Crippen LogP contribution in [0.4, 0.5) is 0 Å². The first-order valence-corrected chi connectivity index (χ1v) is 4.80. The summed E-state index contributed by atoms with van der Waals surface area (Å²) in [6, 6.07) is 0. The van der Waals surface area contributed by atoms with Gasteiger partial charge in [0.15, 0.2) is 0 Å². The second kappa shape index (κ2) is 11.6. The minimum absolute atomic E-state index is 0.689. The zero-order chi connectivity index (χ0) is 9.78. The Morgan fingerprint density at radius 3 is 2.77 bits per heavy atom. The molecule has 0 aliphatic heterocycles. The van der Waals surface area contributed by atoms with E-state index in [0.717, 1.165) is 32.5 Å². The van der Waals surface area contributed by atoms with Gasteiger partial charge in [0.1, 0.15) is 0 Å². The molecule has 0 unspecified atom stereocenters. The molecule has 3 heteroatoms. The maximum Gasteiger partial charge on any atom is 0.0700 e. The molecule has 0 fully saturated rings. The number of rotatable bonds is 10. The van der Waals surface area contributed by atoms with E-state index >= 15 is 0 Å². The van der Waals surface area contributed by atoms with E-state index in [9.17, 15) is 0 Å². The molecule has 78 valence electrons. The van der Waals surface area contributed by atoms with Gasteiger partial charge in [-0.25, -0.2) is 0 Å². The van der Waals surface area contributed by atoms with Gasteiger partial charge in [-0.15, -0.1) is 6.58 Å². The number of unbranched alkanes of at least 4 members (excludes halogenated alkanes) is 1. The summed E-state index contributed by atoms with van der Waals surface area (Å²) >= 11 is 0. The van der Waals surface area contributed by atoms with Gasteiger partial charge in [0, 0.05) is 20.3 Å². The van der Waals surface area contributed by atoms with Gasteiger partial charge in [0.05, 0.1) is 13.2 Å². The molecular formula is C10H21NO2. The molecular weight excluding hydrogens is 166 g/mol. The minimum atomic E-state index is 0.689. The Balaban J connectivity index is 2.79. The molecule has 0 aromatic carbocycles. The van der Waals surface area contributed by atoms with E-state index in [2.05, 4.69) is 11.9 Å². The summed E-state index contributed by atoms with van der Waals surface area (Å²) in [5.41, 5.74) is 0. The van der Waals surface area contributed by atoms with Gasteiger partial charge in [0.2, 0.25) is 0 Å². The first kappa shape index (κ1) is 12.6. The van der Waals surface area contributed by atoms with Crippen LogP contribution >= 0.6 is 0 Å². The van der Waals surface area contributed by atoms with Crippen molar-refractivity contribution in [3.8, 4) is 0 Å². The Hall–Kier alpha value is -0.380. The smallest absolute Gasteiger partial charge is 0.0700 e. The molecule has 0 amide bonds. The van der Waals surface area contributed by atoms with Crippen LogP contribution in [-0.4, -0.2) is 40.0 Å². The van der Waals surface area contributed by atoms with Gasteiger partial charge in [0.25, 0.3) is 0 Å². The normalized spacial score (nSPS) is 10.2. The van der Waals surface area contributed by atoms with Crippen molar-refractivity contribution in [2.24, 2.45) is 0 Å². The average molecular weight is 187 g/mol. The van der Waals surface area contributed by atoms with Crippen LogP contribution in [-0.2, 0) is 9.47 Å². The van der Waals surface area contributed by atoms with Crippen molar-refractivity contribution < 1.29 is 9.47 Å². The highest BCUT2D eigenvalue weighted by Crippen LogP contribution is 1.88. The molecule has 0 heterocycles. The minimum Gasteiger partial charge on any atom is -0.382 e. The second-order valence-electron chi connectivity index (χ2n) is 2.81. The Bertz CT molecular complexity index is 107. The number of hydrogen-bond donors (Lipinski definition) is 1. The highest BCUT2D eigenvalue weighted by Gasteiger charge is 1.89. The maximum atomic E-state index is 5.31. The fraction of sp³-hybridized carbons (Fsp3) is 0.800. The number of methoxy groups -OCH3 is 1. The summed E-state index contributed by atoms with van der Waals surface area (Å²) in [5.74, 6) is 0. The van der Waals surface area contributed by atoms with E-state index in [0.29, 0.717) is 13.2 Å². The third-order valence-corrected chi connectivity index (χ3v) is 1.61. The van der Waals surface area contributed by atoms with E-state index in [4.69, 9.17) is 9.47 Å². The van der Waals surface area contributed by atoms with E-state index in [1.165, 1.54) is 0 Å². The van der Waals surface area contributed by atoms with Gasteiger partial charge < -0.3 is 14.8 Å². The largest absolute Gasteiger partial charge is 0.382 e. The Kier molecular flexibility index (Phi) is 11.3. The van der Waals surface area contributed by atoms with Crippen molar-refractivity contribution in [2.75, 3.05) is 40.0 Å². The molecule has 0 aromatic heterocycles. The molecule has 3 nitrogen and oxygen atoms in total. The van der Waals surface area contributed by atoms with Gasteiger partial charge in [-0.2, -0.15) is 0 Å². The fourth-order valence-corrected chi connectivity index (χ4v) is 0.903. The van der Waals surface area contributed by atoms with Crippen molar-refractivity contribution in [1.82, 2.24) is 5.32 Å². The summed E-state index contributed by atoms with van der Waals surface area (Å²) in [4.78, 5) is 0. The lowest BCUT2D eigenvalue weighted by molar-refractivity contribution is 0.0688. The van der Waals surface area contributed by atoms with Crippen LogP contribution in [0.3, 0.4) is 0 Å². The zero-order valence-corrected chi connectivity index (χ0v) is 8.55. The third kappa shape index (κ3) is 11.6. The Morgan fingerprint density at radius 2 is 2.08 bits per heavy atom. The Labute approximate surface area is 81.1 Å². The summed E-state index contributed by atoms with van der Waals surface area (Å²) in [5, 5.41) is 3.24. The molecule has 0 saturated carbocycles. The maximum absolute atomic E-state index is 5.31. The van der Waals surface area contributed by atoms with Gasteiger partial charge >= 0.3 is 0 Å². The predicted octanol–water partition coefficient (Wildman–Crippen LogP) is 1.21. The van der Waals surface area contributed by atoms with Crippen molar-refractivity contribution in [3.63, 3.8) is 0 Å². The summed E-state index contributed by atoms with van der Waals surface area (Å²) in [6.45, 7) is 7.79. The lowest BCUT2D eigenvalue weighted by atomic mass is 10.3. The van der Waals surface area contributed by atoms with Crippen LogP contribution < -0.4 is 5.32 Å². The summed E-state index contributed by atoms with van der Waals surface area (Å²) < 4.78 is 10.2. The topological polar surface area (TPSA) is 30.5 Å². The van der Waals surface area contributed by atoms with E-state index < -0.39 is 0 Å².